The number of carbonyl (C=O) groups excluding carboxylic acids is 1. The average molecular weight is 446 g/mol. The second-order valence-electron chi connectivity index (χ2n) is 10.3. The highest BCUT2D eigenvalue weighted by Gasteiger charge is 2.55. The lowest BCUT2D eigenvalue weighted by molar-refractivity contribution is -0.116. The van der Waals surface area contributed by atoms with Gasteiger partial charge in [0, 0.05) is 12.5 Å². The van der Waals surface area contributed by atoms with Gasteiger partial charge in [-0.05, 0) is 54.2 Å². The summed E-state index contributed by atoms with van der Waals surface area (Å²) in [7, 11) is 0.184. The van der Waals surface area contributed by atoms with E-state index in [-0.39, 0.29) is 17.5 Å². The maximum Gasteiger partial charge on any atom is 0.141 e. The fourth-order valence-corrected chi connectivity index (χ4v) is 6.24. The molecule has 4 heteroatoms. The summed E-state index contributed by atoms with van der Waals surface area (Å²) >= 11 is 0. The molecule has 1 saturated carbocycles. The van der Waals surface area contributed by atoms with Gasteiger partial charge >= 0.3 is 0 Å². The molecule has 1 heterocycles. The monoisotopic (exact) mass is 445 g/mol. The number of aldehydes is 1. The first-order valence-electron chi connectivity index (χ1n) is 11.8. The van der Waals surface area contributed by atoms with Crippen molar-refractivity contribution in [3.63, 3.8) is 0 Å². The van der Waals surface area contributed by atoms with Gasteiger partial charge in [-0.25, -0.2) is 0 Å². The van der Waals surface area contributed by atoms with Gasteiger partial charge in [0.1, 0.15) is 20.1 Å². The molecule has 3 unspecified atom stereocenters. The molecule has 0 N–H and O–H groups in total. The number of hydrogen-bond acceptors (Lipinski definition) is 3. The molecule has 4 rings (SSSR count). The van der Waals surface area contributed by atoms with E-state index >= 15 is 0 Å². The maximum absolute atomic E-state index is 12.6. The molecule has 0 radical (unpaired) electrons. The third-order valence-corrected chi connectivity index (χ3v) is 7.97. The molecule has 168 valence electrons. The van der Waals surface area contributed by atoms with E-state index in [2.05, 4.69) is 73.3 Å². The molecule has 0 aromatic heterocycles. The Bertz CT molecular complexity index is 1040. The third kappa shape index (κ3) is 4.05. The Morgan fingerprint density at radius 2 is 1.91 bits per heavy atom. The van der Waals surface area contributed by atoms with Gasteiger partial charge in [-0.15, -0.1) is 11.5 Å². The number of fused-ring (bicyclic) bond motifs is 2. The first-order valence-corrected chi connectivity index (χ1v) is 15.3. The maximum atomic E-state index is 12.6. The van der Waals surface area contributed by atoms with Gasteiger partial charge in [0.05, 0.1) is 18.7 Å². The van der Waals surface area contributed by atoms with Crippen LogP contribution in [0.3, 0.4) is 0 Å². The molecular weight excluding hydrogens is 410 g/mol. The molecular formula is C28H35NO2Si. The van der Waals surface area contributed by atoms with Crippen molar-refractivity contribution in [1.82, 2.24) is 4.90 Å². The van der Waals surface area contributed by atoms with Gasteiger partial charge in [-0.3, -0.25) is 4.90 Å². The van der Waals surface area contributed by atoms with E-state index in [4.69, 9.17) is 4.74 Å². The van der Waals surface area contributed by atoms with Crippen LogP contribution in [0.1, 0.15) is 54.0 Å². The lowest BCUT2D eigenvalue weighted by Gasteiger charge is -2.47. The highest BCUT2D eigenvalue weighted by Crippen LogP contribution is 2.56. The lowest BCUT2D eigenvalue weighted by Crippen LogP contribution is -2.49. The van der Waals surface area contributed by atoms with Gasteiger partial charge in [0.25, 0.3) is 0 Å². The molecule has 32 heavy (non-hydrogen) atoms. The van der Waals surface area contributed by atoms with Crippen molar-refractivity contribution in [1.29, 1.82) is 0 Å². The van der Waals surface area contributed by atoms with Crippen LogP contribution >= 0.6 is 0 Å². The summed E-state index contributed by atoms with van der Waals surface area (Å²) in [5.41, 5.74) is 8.41. The summed E-state index contributed by atoms with van der Waals surface area (Å²) in [6, 6.07) is 14.6. The number of methoxy groups -OCH3 is 1. The number of ether oxygens (including phenoxy) is 1. The van der Waals surface area contributed by atoms with Crippen molar-refractivity contribution < 1.29 is 9.53 Å². The van der Waals surface area contributed by atoms with E-state index in [1.54, 1.807) is 7.11 Å². The predicted octanol–water partition coefficient (Wildman–Crippen LogP) is 6.03. The molecule has 3 nitrogen and oxygen atoms in total. The number of hydrogen-bond donors (Lipinski definition) is 0. The predicted molar refractivity (Wildman–Crippen MR) is 133 cm³/mol. The Labute approximate surface area is 194 Å². The summed E-state index contributed by atoms with van der Waals surface area (Å²) in [6.07, 6.45) is 5.67. The first kappa shape index (κ1) is 22.8. The molecule has 0 saturated heterocycles. The molecule has 1 spiro atoms. The number of nitrogens with zero attached hydrogens (tertiary/aromatic N) is 1. The number of carbonyl (C=O) groups is 1. The molecule has 1 aliphatic heterocycles. The Morgan fingerprint density at radius 1 is 1.16 bits per heavy atom. The van der Waals surface area contributed by atoms with Crippen molar-refractivity contribution in [2.75, 3.05) is 7.11 Å². The summed E-state index contributed by atoms with van der Waals surface area (Å²) in [5.74, 6) is 4.86. The molecule has 2 aromatic rings. The minimum Gasteiger partial charge on any atom is -0.497 e. The fourth-order valence-electron chi connectivity index (χ4n) is 5.64. The lowest BCUT2D eigenvalue weighted by atomic mass is 9.68. The molecule has 1 aliphatic carbocycles. The zero-order valence-corrected chi connectivity index (χ0v) is 21.1. The third-order valence-electron chi connectivity index (χ3n) is 7.07. The van der Waals surface area contributed by atoms with Crippen molar-refractivity contribution in [2.24, 2.45) is 5.92 Å². The van der Waals surface area contributed by atoms with Crippen molar-refractivity contribution >= 4 is 14.4 Å². The van der Waals surface area contributed by atoms with Crippen LogP contribution in [0.4, 0.5) is 0 Å². The standard InChI is InChI=1S/C28H35NO2Si/c1-21-9-8-11-25-27(21)26(20-30)29(19-22-12-14-24(31-2)15-13-22)28(25)17-7-6-10-23(28)16-18-32(3,4)5/h8-9,11-15,20,23,26H,6-7,10,17,19H2,1-5H3. The van der Waals surface area contributed by atoms with E-state index in [9.17, 15) is 4.79 Å². The molecule has 0 amide bonds. The van der Waals surface area contributed by atoms with Crippen LogP contribution in [0.15, 0.2) is 42.5 Å². The smallest absolute Gasteiger partial charge is 0.141 e. The van der Waals surface area contributed by atoms with Gasteiger partial charge in [0.2, 0.25) is 0 Å². The molecule has 2 aromatic carbocycles. The van der Waals surface area contributed by atoms with E-state index in [0.717, 1.165) is 31.4 Å². The molecule has 2 aliphatic rings. The van der Waals surface area contributed by atoms with Crippen LogP contribution in [-0.4, -0.2) is 26.4 Å². The SMILES string of the molecule is COc1ccc(CN2C(C=O)c3c(C)cccc3C23CCCCC3C#C[Si](C)(C)C)cc1. The molecule has 3 atom stereocenters. The fraction of sp³-hybridized carbons (Fsp3) is 0.464. The van der Waals surface area contributed by atoms with Crippen LogP contribution in [0.25, 0.3) is 0 Å². The van der Waals surface area contributed by atoms with Gasteiger partial charge in [-0.1, -0.05) is 62.8 Å². The van der Waals surface area contributed by atoms with Gasteiger partial charge in [0.15, 0.2) is 0 Å². The highest BCUT2D eigenvalue weighted by molar-refractivity contribution is 6.83. The topological polar surface area (TPSA) is 29.5 Å². The summed E-state index contributed by atoms with van der Waals surface area (Å²) in [5, 5.41) is 0. The normalized spacial score (nSPS) is 25.2. The summed E-state index contributed by atoms with van der Waals surface area (Å²) in [4.78, 5) is 15.1. The van der Waals surface area contributed by atoms with E-state index < -0.39 is 8.07 Å². The molecule has 0 bridgehead atoms. The van der Waals surface area contributed by atoms with Crippen LogP contribution in [-0.2, 0) is 16.9 Å². The zero-order chi connectivity index (χ0) is 22.9. The molecule has 1 fully saturated rings. The Kier molecular flexibility index (Phi) is 6.34. The van der Waals surface area contributed by atoms with Crippen LogP contribution in [0.2, 0.25) is 19.6 Å². The summed E-state index contributed by atoms with van der Waals surface area (Å²) < 4.78 is 5.35. The van der Waals surface area contributed by atoms with E-state index in [1.165, 1.54) is 35.1 Å². The van der Waals surface area contributed by atoms with Crippen LogP contribution < -0.4 is 4.74 Å². The Morgan fingerprint density at radius 3 is 2.56 bits per heavy atom. The largest absolute Gasteiger partial charge is 0.497 e. The van der Waals surface area contributed by atoms with Crippen molar-refractivity contribution in [2.45, 2.75) is 70.4 Å². The second kappa shape index (κ2) is 8.88. The minimum absolute atomic E-state index is 0.211. The summed E-state index contributed by atoms with van der Waals surface area (Å²) in [6.45, 7) is 9.81. The van der Waals surface area contributed by atoms with E-state index in [0.29, 0.717) is 0 Å². The second-order valence-corrected chi connectivity index (χ2v) is 15.1. The zero-order valence-electron chi connectivity index (χ0n) is 20.1. The van der Waals surface area contributed by atoms with Crippen molar-refractivity contribution in [3.05, 3.63) is 64.7 Å². The minimum atomic E-state index is -1.51. The number of rotatable bonds is 4. The van der Waals surface area contributed by atoms with Crippen LogP contribution in [0.5, 0.6) is 5.75 Å². The average Bonchev–Trinajstić information content (AvgIpc) is 3.03. The van der Waals surface area contributed by atoms with Gasteiger partial charge < -0.3 is 9.53 Å². The first-order chi connectivity index (χ1) is 15.3. The highest BCUT2D eigenvalue weighted by atomic mass is 28.3. The van der Waals surface area contributed by atoms with Crippen LogP contribution in [0, 0.1) is 24.3 Å². The number of benzene rings is 2. The Hall–Kier alpha value is -2.35. The quantitative estimate of drug-likeness (QED) is 0.327. The van der Waals surface area contributed by atoms with Crippen molar-refractivity contribution in [3.8, 4) is 17.2 Å². The van der Waals surface area contributed by atoms with E-state index in [1.807, 2.05) is 12.1 Å². The number of aryl methyl sites for hydroxylation is 1. The Balaban J connectivity index is 1.87. The van der Waals surface area contributed by atoms with Gasteiger partial charge in [-0.2, -0.15) is 0 Å².